The van der Waals surface area contributed by atoms with Crippen LogP contribution in [-0.2, 0) is 6.54 Å². The van der Waals surface area contributed by atoms with E-state index in [-0.39, 0.29) is 5.82 Å². The molecule has 108 valence electrons. The molecule has 0 saturated heterocycles. The lowest BCUT2D eigenvalue weighted by molar-refractivity contribution is 0.534. The van der Waals surface area contributed by atoms with Crippen molar-refractivity contribution in [1.82, 2.24) is 9.55 Å². The van der Waals surface area contributed by atoms with Crippen LogP contribution in [0.15, 0.2) is 42.7 Å². The third-order valence-corrected chi connectivity index (χ3v) is 3.77. The SMILES string of the molecule is Cc1cc(C)c(C(N)Cn2cnc3ccccc32)c(F)c1. The number of rotatable bonds is 3. The van der Waals surface area contributed by atoms with Crippen molar-refractivity contribution in [3.63, 3.8) is 0 Å². The average Bonchev–Trinajstić information content (AvgIpc) is 2.81. The van der Waals surface area contributed by atoms with Crippen LogP contribution in [-0.4, -0.2) is 9.55 Å². The van der Waals surface area contributed by atoms with E-state index in [1.165, 1.54) is 6.07 Å². The Bertz CT molecular complexity index is 769. The second-order valence-electron chi connectivity index (χ2n) is 5.47. The van der Waals surface area contributed by atoms with Crippen LogP contribution in [0.2, 0.25) is 0 Å². The molecule has 0 aliphatic rings. The van der Waals surface area contributed by atoms with Gasteiger partial charge in [0.1, 0.15) is 5.82 Å². The number of hydrogen-bond donors (Lipinski definition) is 1. The standard InChI is InChI=1S/C17H18FN3/c1-11-7-12(2)17(13(18)8-11)14(19)9-21-10-20-15-5-3-4-6-16(15)21/h3-8,10,14H,9,19H2,1-2H3. The van der Waals surface area contributed by atoms with E-state index in [2.05, 4.69) is 4.98 Å². The number of imidazole rings is 1. The maximum atomic E-state index is 14.2. The summed E-state index contributed by atoms with van der Waals surface area (Å²) < 4.78 is 16.2. The molecule has 4 heteroatoms. The first-order valence-electron chi connectivity index (χ1n) is 6.98. The second kappa shape index (κ2) is 5.30. The van der Waals surface area contributed by atoms with Crippen molar-refractivity contribution in [2.24, 2.45) is 5.73 Å². The molecule has 0 aliphatic carbocycles. The predicted molar refractivity (Wildman–Crippen MR) is 82.5 cm³/mol. The summed E-state index contributed by atoms with van der Waals surface area (Å²) in [5.74, 6) is -0.232. The molecule has 0 saturated carbocycles. The van der Waals surface area contributed by atoms with Crippen LogP contribution >= 0.6 is 0 Å². The molecule has 3 rings (SSSR count). The molecule has 0 spiro atoms. The molecule has 21 heavy (non-hydrogen) atoms. The number of nitrogens with zero attached hydrogens (tertiary/aromatic N) is 2. The lowest BCUT2D eigenvalue weighted by Gasteiger charge is -2.17. The van der Waals surface area contributed by atoms with Gasteiger partial charge in [-0.3, -0.25) is 0 Å². The number of aromatic nitrogens is 2. The summed E-state index contributed by atoms with van der Waals surface area (Å²) in [5.41, 5.74) is 10.6. The first-order chi connectivity index (χ1) is 10.1. The fourth-order valence-corrected chi connectivity index (χ4v) is 2.86. The number of nitrogens with two attached hydrogens (primary N) is 1. The zero-order chi connectivity index (χ0) is 15.0. The molecule has 3 aromatic rings. The minimum absolute atomic E-state index is 0.232. The third-order valence-electron chi connectivity index (χ3n) is 3.77. The Morgan fingerprint density at radius 3 is 2.76 bits per heavy atom. The highest BCUT2D eigenvalue weighted by molar-refractivity contribution is 5.74. The molecule has 0 aliphatic heterocycles. The topological polar surface area (TPSA) is 43.8 Å². The van der Waals surface area contributed by atoms with Gasteiger partial charge in [-0.2, -0.15) is 0 Å². The highest BCUT2D eigenvalue weighted by Crippen LogP contribution is 2.24. The van der Waals surface area contributed by atoms with Crippen molar-refractivity contribution in [1.29, 1.82) is 0 Å². The Hall–Kier alpha value is -2.20. The molecule has 1 heterocycles. The second-order valence-corrected chi connectivity index (χ2v) is 5.47. The van der Waals surface area contributed by atoms with Crippen molar-refractivity contribution in [2.45, 2.75) is 26.4 Å². The largest absolute Gasteiger partial charge is 0.329 e. The highest BCUT2D eigenvalue weighted by atomic mass is 19.1. The lowest BCUT2D eigenvalue weighted by Crippen LogP contribution is -2.20. The van der Waals surface area contributed by atoms with Gasteiger partial charge in [0.05, 0.1) is 23.4 Å². The van der Waals surface area contributed by atoms with Crippen LogP contribution in [0.3, 0.4) is 0 Å². The normalized spacial score (nSPS) is 12.8. The molecule has 1 aromatic heterocycles. The lowest BCUT2D eigenvalue weighted by atomic mass is 9.99. The monoisotopic (exact) mass is 283 g/mol. The fraction of sp³-hybridized carbons (Fsp3) is 0.235. The minimum Gasteiger partial charge on any atom is -0.329 e. The van der Waals surface area contributed by atoms with Crippen LogP contribution in [0.25, 0.3) is 11.0 Å². The van der Waals surface area contributed by atoms with E-state index in [9.17, 15) is 4.39 Å². The first-order valence-corrected chi connectivity index (χ1v) is 6.98. The van der Waals surface area contributed by atoms with E-state index in [0.717, 1.165) is 22.2 Å². The van der Waals surface area contributed by atoms with Gasteiger partial charge < -0.3 is 10.3 Å². The molecule has 0 fully saturated rings. The molecule has 0 radical (unpaired) electrons. The van der Waals surface area contributed by atoms with Gasteiger partial charge in [0, 0.05) is 12.1 Å². The Balaban J connectivity index is 1.95. The van der Waals surface area contributed by atoms with E-state index in [1.807, 2.05) is 48.7 Å². The summed E-state index contributed by atoms with van der Waals surface area (Å²) in [4.78, 5) is 4.34. The summed E-state index contributed by atoms with van der Waals surface area (Å²) in [7, 11) is 0. The first kappa shape index (κ1) is 13.8. The third kappa shape index (κ3) is 2.54. The molecule has 0 amide bonds. The van der Waals surface area contributed by atoms with E-state index in [0.29, 0.717) is 12.1 Å². The Morgan fingerprint density at radius 1 is 1.24 bits per heavy atom. The number of fused-ring (bicyclic) bond motifs is 1. The molecule has 2 aromatic carbocycles. The summed E-state index contributed by atoms with van der Waals surface area (Å²) in [6.07, 6.45) is 1.76. The zero-order valence-corrected chi connectivity index (χ0v) is 12.2. The summed E-state index contributed by atoms with van der Waals surface area (Å²) in [5, 5.41) is 0. The number of para-hydroxylation sites is 2. The molecule has 3 nitrogen and oxygen atoms in total. The number of halogens is 1. The van der Waals surface area contributed by atoms with Crippen LogP contribution in [0.5, 0.6) is 0 Å². The fourth-order valence-electron chi connectivity index (χ4n) is 2.86. The van der Waals surface area contributed by atoms with Gasteiger partial charge in [0.25, 0.3) is 0 Å². The van der Waals surface area contributed by atoms with Crippen LogP contribution in [0.4, 0.5) is 4.39 Å². The number of aryl methyl sites for hydroxylation is 2. The maximum absolute atomic E-state index is 14.2. The average molecular weight is 283 g/mol. The minimum atomic E-state index is -0.400. The van der Waals surface area contributed by atoms with Crippen molar-refractivity contribution >= 4 is 11.0 Å². The van der Waals surface area contributed by atoms with Gasteiger partial charge in [0.2, 0.25) is 0 Å². The van der Waals surface area contributed by atoms with E-state index in [1.54, 1.807) is 6.33 Å². The van der Waals surface area contributed by atoms with E-state index < -0.39 is 6.04 Å². The number of hydrogen-bond acceptors (Lipinski definition) is 2. The Labute approximate surface area is 123 Å². The van der Waals surface area contributed by atoms with Gasteiger partial charge in [0.15, 0.2) is 0 Å². The molecular formula is C17H18FN3. The summed E-state index contributed by atoms with van der Waals surface area (Å²) >= 11 is 0. The predicted octanol–water partition coefficient (Wildman–Crippen LogP) is 3.49. The molecule has 2 N–H and O–H groups in total. The Morgan fingerprint density at radius 2 is 2.00 bits per heavy atom. The van der Waals surface area contributed by atoms with Gasteiger partial charge in [-0.25, -0.2) is 9.37 Å². The van der Waals surface area contributed by atoms with Crippen molar-refractivity contribution < 1.29 is 4.39 Å². The number of benzene rings is 2. The molecule has 1 unspecified atom stereocenters. The molecular weight excluding hydrogens is 265 g/mol. The van der Waals surface area contributed by atoms with E-state index in [4.69, 9.17) is 5.73 Å². The van der Waals surface area contributed by atoms with Crippen molar-refractivity contribution in [2.75, 3.05) is 0 Å². The van der Waals surface area contributed by atoms with Gasteiger partial charge >= 0.3 is 0 Å². The van der Waals surface area contributed by atoms with Crippen molar-refractivity contribution in [3.8, 4) is 0 Å². The van der Waals surface area contributed by atoms with Crippen LogP contribution in [0.1, 0.15) is 22.7 Å². The molecule has 0 bridgehead atoms. The Kier molecular flexibility index (Phi) is 3.47. The van der Waals surface area contributed by atoms with Crippen LogP contribution in [0, 0.1) is 19.7 Å². The van der Waals surface area contributed by atoms with Gasteiger partial charge in [-0.15, -0.1) is 0 Å². The highest BCUT2D eigenvalue weighted by Gasteiger charge is 2.16. The van der Waals surface area contributed by atoms with E-state index >= 15 is 0 Å². The quantitative estimate of drug-likeness (QED) is 0.799. The van der Waals surface area contributed by atoms with Crippen LogP contribution < -0.4 is 5.73 Å². The molecule has 1 atom stereocenters. The summed E-state index contributed by atoms with van der Waals surface area (Å²) in [6, 6.07) is 11.0. The maximum Gasteiger partial charge on any atom is 0.128 e. The zero-order valence-electron chi connectivity index (χ0n) is 12.2. The smallest absolute Gasteiger partial charge is 0.128 e. The summed E-state index contributed by atoms with van der Waals surface area (Å²) in [6.45, 7) is 4.29. The van der Waals surface area contributed by atoms with Gasteiger partial charge in [-0.1, -0.05) is 18.2 Å². The van der Waals surface area contributed by atoms with Crippen molar-refractivity contribution in [3.05, 3.63) is 65.2 Å². The van der Waals surface area contributed by atoms with Gasteiger partial charge in [-0.05, 0) is 43.2 Å².